The summed E-state index contributed by atoms with van der Waals surface area (Å²) in [6, 6.07) is 9.49. The van der Waals surface area contributed by atoms with Crippen molar-refractivity contribution in [1.82, 2.24) is 0 Å². The molecule has 1 aromatic heterocycles. The van der Waals surface area contributed by atoms with Crippen molar-refractivity contribution in [2.75, 3.05) is 0 Å². The maximum Gasteiger partial charge on any atom is 0.0991 e. The highest BCUT2D eigenvalue weighted by atomic mass is 35.5. The van der Waals surface area contributed by atoms with E-state index < -0.39 is 0 Å². The minimum atomic E-state index is 0.667. The molecule has 1 nitrogen and oxygen atoms in total. The van der Waals surface area contributed by atoms with Gasteiger partial charge in [-0.1, -0.05) is 23.7 Å². The van der Waals surface area contributed by atoms with E-state index in [4.69, 9.17) is 16.9 Å². The number of halogens is 1. The number of nitriles is 1. The van der Waals surface area contributed by atoms with E-state index in [1.54, 1.807) is 23.5 Å². The van der Waals surface area contributed by atoms with Crippen molar-refractivity contribution >= 4 is 22.9 Å². The fourth-order valence-corrected chi connectivity index (χ4v) is 2.31. The van der Waals surface area contributed by atoms with Crippen molar-refractivity contribution in [2.24, 2.45) is 0 Å². The molecule has 2 rings (SSSR count). The first-order chi connectivity index (χ1) is 6.81. The number of thiophene rings is 1. The monoisotopic (exact) mass is 219 g/mol. The van der Waals surface area contributed by atoms with Gasteiger partial charge in [0.2, 0.25) is 0 Å². The molecule has 0 amide bonds. The molecule has 68 valence electrons. The van der Waals surface area contributed by atoms with Gasteiger partial charge in [0, 0.05) is 16.3 Å². The zero-order valence-electron chi connectivity index (χ0n) is 7.20. The predicted octanol–water partition coefficient (Wildman–Crippen LogP) is 3.94. The van der Waals surface area contributed by atoms with E-state index in [0.717, 1.165) is 16.1 Å². The number of rotatable bonds is 1. The summed E-state index contributed by atoms with van der Waals surface area (Å²) < 4.78 is 0. The van der Waals surface area contributed by atoms with Gasteiger partial charge in [0.1, 0.15) is 0 Å². The van der Waals surface area contributed by atoms with Crippen LogP contribution in [0.3, 0.4) is 0 Å². The zero-order chi connectivity index (χ0) is 9.97. The van der Waals surface area contributed by atoms with Gasteiger partial charge >= 0.3 is 0 Å². The highest BCUT2D eigenvalue weighted by Gasteiger charge is 2.03. The van der Waals surface area contributed by atoms with E-state index in [-0.39, 0.29) is 0 Å². The summed E-state index contributed by atoms with van der Waals surface area (Å²) in [6.45, 7) is 0. The molecule has 0 N–H and O–H groups in total. The van der Waals surface area contributed by atoms with E-state index in [2.05, 4.69) is 6.07 Å². The van der Waals surface area contributed by atoms with Gasteiger partial charge in [0.25, 0.3) is 0 Å². The highest BCUT2D eigenvalue weighted by molar-refractivity contribution is 7.09. The second kappa shape index (κ2) is 3.83. The Kier molecular flexibility index (Phi) is 2.53. The van der Waals surface area contributed by atoms with Gasteiger partial charge in [0.05, 0.1) is 16.7 Å². The van der Waals surface area contributed by atoms with Crippen molar-refractivity contribution in [3.63, 3.8) is 0 Å². The topological polar surface area (TPSA) is 23.8 Å². The highest BCUT2D eigenvalue weighted by Crippen LogP contribution is 2.31. The standard InChI is InChI=1S/C11H6ClNS/c12-11-7-14-6-10(11)9-3-1-8(5-13)2-4-9/h1-4,6-7H. The average Bonchev–Trinajstić information content (AvgIpc) is 2.65. The first kappa shape index (κ1) is 9.26. The van der Waals surface area contributed by atoms with Gasteiger partial charge in [-0.05, 0) is 17.7 Å². The van der Waals surface area contributed by atoms with Crippen molar-refractivity contribution in [3.05, 3.63) is 45.6 Å². The fraction of sp³-hybridized carbons (Fsp3) is 0. The first-order valence-corrected chi connectivity index (χ1v) is 5.35. The average molecular weight is 220 g/mol. The Hall–Kier alpha value is -1.30. The minimum Gasteiger partial charge on any atom is -0.192 e. The van der Waals surface area contributed by atoms with Crippen LogP contribution in [0.5, 0.6) is 0 Å². The van der Waals surface area contributed by atoms with Gasteiger partial charge in [-0.3, -0.25) is 0 Å². The molecule has 0 unspecified atom stereocenters. The number of hydrogen-bond acceptors (Lipinski definition) is 2. The molecule has 1 heterocycles. The maximum absolute atomic E-state index is 8.64. The number of hydrogen-bond donors (Lipinski definition) is 0. The number of benzene rings is 1. The summed E-state index contributed by atoms with van der Waals surface area (Å²) in [5.41, 5.74) is 2.75. The SMILES string of the molecule is N#Cc1ccc(-c2cscc2Cl)cc1. The summed E-state index contributed by atoms with van der Waals surface area (Å²) in [7, 11) is 0. The quantitative estimate of drug-likeness (QED) is 0.713. The van der Waals surface area contributed by atoms with Crippen LogP contribution in [-0.2, 0) is 0 Å². The molecule has 0 aliphatic heterocycles. The maximum atomic E-state index is 8.64. The molecule has 0 radical (unpaired) electrons. The predicted molar refractivity (Wildman–Crippen MR) is 59.5 cm³/mol. The molecular weight excluding hydrogens is 214 g/mol. The van der Waals surface area contributed by atoms with Crippen LogP contribution >= 0.6 is 22.9 Å². The molecule has 3 heteroatoms. The van der Waals surface area contributed by atoms with Crippen molar-refractivity contribution in [3.8, 4) is 17.2 Å². The van der Waals surface area contributed by atoms with Crippen LogP contribution in [0.2, 0.25) is 5.02 Å². The van der Waals surface area contributed by atoms with Crippen molar-refractivity contribution in [2.45, 2.75) is 0 Å². The van der Waals surface area contributed by atoms with E-state index >= 15 is 0 Å². The largest absolute Gasteiger partial charge is 0.192 e. The molecular formula is C11H6ClNS. The Morgan fingerprint density at radius 2 is 1.86 bits per heavy atom. The minimum absolute atomic E-state index is 0.667. The molecule has 1 aromatic carbocycles. The van der Waals surface area contributed by atoms with Gasteiger partial charge in [0.15, 0.2) is 0 Å². The molecule has 0 atom stereocenters. The lowest BCUT2D eigenvalue weighted by Crippen LogP contribution is -1.76. The van der Waals surface area contributed by atoms with Gasteiger partial charge in [-0.25, -0.2) is 0 Å². The summed E-state index contributed by atoms with van der Waals surface area (Å²) in [5.74, 6) is 0. The van der Waals surface area contributed by atoms with Gasteiger partial charge < -0.3 is 0 Å². The Labute approximate surface area is 91.2 Å². The molecule has 0 bridgehead atoms. The lowest BCUT2D eigenvalue weighted by Gasteiger charge is -1.98. The van der Waals surface area contributed by atoms with Gasteiger partial charge in [-0.2, -0.15) is 16.6 Å². The van der Waals surface area contributed by atoms with E-state index in [0.29, 0.717) is 5.56 Å². The van der Waals surface area contributed by atoms with E-state index in [1.807, 2.05) is 22.9 Å². The third-order valence-electron chi connectivity index (χ3n) is 1.94. The fourth-order valence-electron chi connectivity index (χ4n) is 1.21. The number of nitrogens with zero attached hydrogens (tertiary/aromatic N) is 1. The molecule has 0 fully saturated rings. The Balaban J connectivity index is 2.45. The molecule has 0 saturated heterocycles. The third kappa shape index (κ3) is 1.65. The van der Waals surface area contributed by atoms with Crippen LogP contribution in [-0.4, -0.2) is 0 Å². The summed E-state index contributed by atoms with van der Waals surface area (Å²) in [4.78, 5) is 0. The van der Waals surface area contributed by atoms with E-state index in [1.165, 1.54) is 0 Å². The van der Waals surface area contributed by atoms with Crippen molar-refractivity contribution in [1.29, 1.82) is 5.26 Å². The second-order valence-electron chi connectivity index (χ2n) is 2.82. The Morgan fingerprint density at radius 1 is 1.14 bits per heavy atom. The summed E-state index contributed by atoms with van der Waals surface area (Å²) in [6.07, 6.45) is 0. The van der Waals surface area contributed by atoms with Crippen LogP contribution in [0, 0.1) is 11.3 Å². The molecule has 14 heavy (non-hydrogen) atoms. The van der Waals surface area contributed by atoms with Crippen LogP contribution in [0.1, 0.15) is 5.56 Å². The van der Waals surface area contributed by atoms with Gasteiger partial charge in [-0.15, -0.1) is 0 Å². The van der Waals surface area contributed by atoms with Crippen LogP contribution in [0.4, 0.5) is 0 Å². The molecule has 2 aromatic rings. The smallest absolute Gasteiger partial charge is 0.0991 e. The molecule has 0 aliphatic rings. The second-order valence-corrected chi connectivity index (χ2v) is 3.97. The van der Waals surface area contributed by atoms with Crippen molar-refractivity contribution < 1.29 is 0 Å². The molecule has 0 aliphatic carbocycles. The lowest BCUT2D eigenvalue weighted by atomic mass is 10.1. The van der Waals surface area contributed by atoms with Crippen LogP contribution < -0.4 is 0 Å². The van der Waals surface area contributed by atoms with Crippen LogP contribution in [0.15, 0.2) is 35.0 Å². The Bertz CT molecular complexity index is 479. The summed E-state index contributed by atoms with van der Waals surface area (Å²) >= 11 is 7.57. The summed E-state index contributed by atoms with van der Waals surface area (Å²) in [5, 5.41) is 13.3. The first-order valence-electron chi connectivity index (χ1n) is 4.03. The third-order valence-corrected chi connectivity index (χ3v) is 3.13. The molecule has 0 saturated carbocycles. The lowest BCUT2D eigenvalue weighted by molar-refractivity contribution is 1.48. The zero-order valence-corrected chi connectivity index (χ0v) is 8.77. The normalized spacial score (nSPS) is 9.71. The van der Waals surface area contributed by atoms with E-state index in [9.17, 15) is 0 Å². The van der Waals surface area contributed by atoms with Crippen LogP contribution in [0.25, 0.3) is 11.1 Å². The Morgan fingerprint density at radius 3 is 2.36 bits per heavy atom. The molecule has 0 spiro atoms.